The highest BCUT2D eigenvalue weighted by Gasteiger charge is 2.36. The Hall–Kier alpha value is -0.780. The van der Waals surface area contributed by atoms with Crippen molar-refractivity contribution in [1.82, 2.24) is 10.2 Å². The Kier molecular flexibility index (Phi) is 3.69. The van der Waals surface area contributed by atoms with Crippen molar-refractivity contribution >= 4 is 11.6 Å². The lowest BCUT2D eigenvalue weighted by molar-refractivity contribution is -0.137. The second-order valence-electron chi connectivity index (χ2n) is 5.72. The minimum absolute atomic E-state index is 0.149. The molecule has 2 atom stereocenters. The van der Waals surface area contributed by atoms with Crippen LogP contribution in [0.4, 0.5) is 13.2 Å². The predicted octanol–water partition coefficient (Wildman–Crippen LogP) is 3.01. The molecule has 0 radical (unpaired) electrons. The number of hydrogen-bond donors (Lipinski definition) is 1. The molecular weight excluding hydrogens is 289 g/mol. The van der Waals surface area contributed by atoms with Crippen LogP contribution >= 0.6 is 11.6 Å². The van der Waals surface area contributed by atoms with Gasteiger partial charge in [0.1, 0.15) is 0 Å². The second-order valence-corrected chi connectivity index (χ2v) is 6.15. The average molecular weight is 305 g/mol. The summed E-state index contributed by atoms with van der Waals surface area (Å²) in [6.07, 6.45) is -4.34. The van der Waals surface area contributed by atoms with Crippen LogP contribution in [0, 0.1) is 11.8 Å². The van der Waals surface area contributed by atoms with E-state index in [-0.39, 0.29) is 5.02 Å². The number of rotatable bonds is 2. The number of alkyl halides is 3. The van der Waals surface area contributed by atoms with Gasteiger partial charge in [0.2, 0.25) is 0 Å². The van der Waals surface area contributed by atoms with Gasteiger partial charge in [-0.2, -0.15) is 13.2 Å². The summed E-state index contributed by atoms with van der Waals surface area (Å²) < 4.78 is 38.3. The monoisotopic (exact) mass is 304 g/mol. The zero-order valence-electron chi connectivity index (χ0n) is 10.9. The van der Waals surface area contributed by atoms with Crippen molar-refractivity contribution in [1.29, 1.82) is 0 Å². The van der Waals surface area contributed by atoms with Crippen molar-refractivity contribution in [2.45, 2.75) is 12.7 Å². The number of fused-ring (bicyclic) bond motifs is 1. The van der Waals surface area contributed by atoms with Gasteiger partial charge in [-0.1, -0.05) is 11.6 Å². The fourth-order valence-electron chi connectivity index (χ4n) is 3.25. The van der Waals surface area contributed by atoms with E-state index < -0.39 is 11.7 Å². The van der Waals surface area contributed by atoms with Crippen LogP contribution in [0.1, 0.15) is 11.1 Å². The van der Waals surface area contributed by atoms with E-state index in [4.69, 9.17) is 11.6 Å². The largest absolute Gasteiger partial charge is 0.416 e. The van der Waals surface area contributed by atoms with Gasteiger partial charge in [0, 0.05) is 24.7 Å². The molecule has 0 amide bonds. The van der Waals surface area contributed by atoms with Crippen LogP contribution in [0.2, 0.25) is 5.02 Å². The average Bonchev–Trinajstić information content (AvgIpc) is 2.87. The van der Waals surface area contributed by atoms with Crippen molar-refractivity contribution in [3.05, 3.63) is 34.3 Å². The third-order valence-electron chi connectivity index (χ3n) is 4.16. The maximum absolute atomic E-state index is 12.8. The minimum atomic E-state index is -4.34. The van der Waals surface area contributed by atoms with E-state index in [2.05, 4.69) is 10.2 Å². The molecule has 6 heteroatoms. The zero-order chi connectivity index (χ0) is 14.3. The minimum Gasteiger partial charge on any atom is -0.316 e. The molecule has 2 heterocycles. The molecule has 0 saturated carbocycles. The Morgan fingerprint density at radius 1 is 1.15 bits per heavy atom. The van der Waals surface area contributed by atoms with Crippen LogP contribution in [0.15, 0.2) is 18.2 Å². The highest BCUT2D eigenvalue weighted by atomic mass is 35.5. The Balaban J connectivity index is 1.73. The van der Waals surface area contributed by atoms with Crippen LogP contribution in [-0.2, 0) is 12.7 Å². The van der Waals surface area contributed by atoms with Crippen molar-refractivity contribution in [2.24, 2.45) is 11.8 Å². The third kappa shape index (κ3) is 2.95. The van der Waals surface area contributed by atoms with Crippen LogP contribution in [-0.4, -0.2) is 31.1 Å². The first-order chi connectivity index (χ1) is 9.41. The summed E-state index contributed by atoms with van der Waals surface area (Å²) in [6, 6.07) is 3.81. The topological polar surface area (TPSA) is 15.3 Å². The molecule has 2 fully saturated rings. The maximum Gasteiger partial charge on any atom is 0.416 e. The fourth-order valence-corrected chi connectivity index (χ4v) is 3.50. The molecule has 0 aromatic heterocycles. The van der Waals surface area contributed by atoms with Gasteiger partial charge in [-0.25, -0.2) is 0 Å². The summed E-state index contributed by atoms with van der Waals surface area (Å²) in [5.74, 6) is 1.27. The first-order valence-corrected chi connectivity index (χ1v) is 7.09. The van der Waals surface area contributed by atoms with E-state index >= 15 is 0 Å². The van der Waals surface area contributed by atoms with Crippen LogP contribution < -0.4 is 5.32 Å². The van der Waals surface area contributed by atoms with Gasteiger partial charge in [-0.05, 0) is 48.7 Å². The maximum atomic E-state index is 12.8. The highest BCUT2D eigenvalue weighted by Crippen LogP contribution is 2.33. The van der Waals surface area contributed by atoms with Gasteiger partial charge < -0.3 is 5.32 Å². The van der Waals surface area contributed by atoms with Crippen LogP contribution in [0.25, 0.3) is 0 Å². The zero-order valence-corrected chi connectivity index (χ0v) is 11.6. The lowest BCUT2D eigenvalue weighted by atomic mass is 10.0. The number of likely N-dealkylation sites (tertiary alicyclic amines) is 1. The molecule has 1 aromatic carbocycles. The van der Waals surface area contributed by atoms with E-state index in [1.54, 1.807) is 6.07 Å². The first-order valence-electron chi connectivity index (χ1n) is 6.71. The molecular formula is C14H16ClF3N2. The van der Waals surface area contributed by atoms with Gasteiger partial charge in [-0.15, -0.1) is 0 Å². The summed E-state index contributed by atoms with van der Waals surface area (Å²) in [6.45, 7) is 4.47. The van der Waals surface area contributed by atoms with E-state index in [9.17, 15) is 13.2 Å². The summed E-state index contributed by atoms with van der Waals surface area (Å²) in [5, 5.41) is 3.50. The number of hydrogen-bond acceptors (Lipinski definition) is 2. The summed E-state index contributed by atoms with van der Waals surface area (Å²) in [7, 11) is 0. The molecule has 2 aliphatic heterocycles. The van der Waals surface area contributed by atoms with E-state index in [1.807, 2.05) is 0 Å². The predicted molar refractivity (Wildman–Crippen MR) is 71.6 cm³/mol. The second kappa shape index (κ2) is 5.20. The quantitative estimate of drug-likeness (QED) is 0.903. The van der Waals surface area contributed by atoms with Crippen molar-refractivity contribution in [3.8, 4) is 0 Å². The number of nitrogens with one attached hydrogen (secondary N) is 1. The standard InChI is InChI=1S/C14H16ClF3N2/c15-13-2-9(1-12(3-13)14(16,17)18)6-20-7-10-4-19-5-11(10)8-20/h1-3,10-11,19H,4-8H2/t10-,11+. The molecule has 0 unspecified atom stereocenters. The molecule has 3 rings (SSSR count). The van der Waals surface area contributed by atoms with Gasteiger partial charge in [0.25, 0.3) is 0 Å². The summed E-state index contributed by atoms with van der Waals surface area (Å²) >= 11 is 5.81. The Morgan fingerprint density at radius 3 is 2.40 bits per heavy atom. The molecule has 110 valence electrons. The number of benzene rings is 1. The van der Waals surface area contributed by atoms with Crippen molar-refractivity contribution in [2.75, 3.05) is 26.2 Å². The van der Waals surface area contributed by atoms with Crippen LogP contribution in [0.5, 0.6) is 0 Å². The molecule has 2 nitrogen and oxygen atoms in total. The number of nitrogens with zero attached hydrogens (tertiary/aromatic N) is 1. The molecule has 1 N–H and O–H groups in total. The van der Waals surface area contributed by atoms with Gasteiger partial charge in [0.05, 0.1) is 5.56 Å². The van der Waals surface area contributed by atoms with Gasteiger partial charge in [0.15, 0.2) is 0 Å². The molecule has 2 aliphatic rings. The van der Waals surface area contributed by atoms with Crippen molar-refractivity contribution < 1.29 is 13.2 Å². The Bertz CT molecular complexity index is 492. The summed E-state index contributed by atoms with van der Waals surface area (Å²) in [4.78, 5) is 2.22. The van der Waals surface area contributed by atoms with Crippen molar-refractivity contribution in [3.63, 3.8) is 0 Å². The van der Waals surface area contributed by atoms with Gasteiger partial charge >= 0.3 is 6.18 Å². The lowest BCUT2D eigenvalue weighted by Crippen LogP contribution is -2.25. The molecule has 0 aliphatic carbocycles. The third-order valence-corrected chi connectivity index (χ3v) is 4.37. The summed E-state index contributed by atoms with van der Waals surface area (Å²) in [5.41, 5.74) is -0.0289. The molecule has 0 spiro atoms. The Morgan fingerprint density at radius 2 is 1.80 bits per heavy atom. The van der Waals surface area contributed by atoms with E-state index in [0.29, 0.717) is 23.9 Å². The Labute approximate surface area is 120 Å². The lowest BCUT2D eigenvalue weighted by Gasteiger charge is -2.18. The normalized spacial score (nSPS) is 27.0. The van der Waals surface area contributed by atoms with Crippen LogP contribution in [0.3, 0.4) is 0 Å². The fraction of sp³-hybridized carbons (Fsp3) is 0.571. The molecule has 0 bridgehead atoms. The molecule has 2 saturated heterocycles. The molecule has 20 heavy (non-hydrogen) atoms. The number of halogens is 4. The smallest absolute Gasteiger partial charge is 0.316 e. The first kappa shape index (κ1) is 14.2. The highest BCUT2D eigenvalue weighted by molar-refractivity contribution is 6.30. The van der Waals surface area contributed by atoms with E-state index in [1.165, 1.54) is 6.07 Å². The molecule has 1 aromatic rings. The van der Waals surface area contributed by atoms with Gasteiger partial charge in [-0.3, -0.25) is 4.90 Å². The van der Waals surface area contributed by atoms with E-state index in [0.717, 1.165) is 32.2 Å². The SMILES string of the molecule is FC(F)(F)c1cc(Cl)cc(CN2C[C@H]3CNC[C@H]3C2)c1.